The van der Waals surface area contributed by atoms with Gasteiger partial charge in [-0.3, -0.25) is 4.79 Å². The monoisotopic (exact) mass is 252 g/mol. The van der Waals surface area contributed by atoms with Gasteiger partial charge < -0.3 is 9.80 Å². The number of halogens is 1. The van der Waals surface area contributed by atoms with Gasteiger partial charge in [-0.25, -0.2) is 0 Å². The molecule has 0 bridgehead atoms. The van der Waals surface area contributed by atoms with Gasteiger partial charge in [0.25, 0.3) is 0 Å². The van der Waals surface area contributed by atoms with E-state index in [1.54, 1.807) is 30.3 Å². The number of rotatable bonds is 4. The number of ketones is 1. The molecule has 0 heterocycles. The summed E-state index contributed by atoms with van der Waals surface area (Å²) in [5, 5.41) is 0.631. The Morgan fingerprint density at radius 3 is 1.94 bits per heavy atom. The molecule has 0 aliphatic carbocycles. The van der Waals surface area contributed by atoms with Crippen molar-refractivity contribution in [3.8, 4) is 0 Å². The molecule has 0 aliphatic heterocycles. The molecule has 3 nitrogen and oxygen atoms in total. The van der Waals surface area contributed by atoms with Gasteiger partial charge in [0.1, 0.15) is 5.82 Å². The Labute approximate surface area is 107 Å². The van der Waals surface area contributed by atoms with Crippen LogP contribution in [0.1, 0.15) is 10.4 Å². The van der Waals surface area contributed by atoms with Crippen molar-refractivity contribution >= 4 is 17.4 Å². The molecule has 0 aliphatic rings. The first kappa shape index (κ1) is 13.6. The molecule has 0 saturated carbocycles. The van der Waals surface area contributed by atoms with Crippen LogP contribution in [0.4, 0.5) is 0 Å². The summed E-state index contributed by atoms with van der Waals surface area (Å²) in [5.41, 5.74) is 0.635. The third-order valence-electron chi connectivity index (χ3n) is 2.31. The Morgan fingerprint density at radius 1 is 1.06 bits per heavy atom. The molecule has 1 rings (SSSR count). The lowest BCUT2D eigenvalue weighted by Gasteiger charge is -2.24. The van der Waals surface area contributed by atoms with Gasteiger partial charge in [-0.05, 0) is 24.3 Å². The third-order valence-corrected chi connectivity index (χ3v) is 2.56. The summed E-state index contributed by atoms with van der Waals surface area (Å²) in [6.07, 6.45) is 1.61. The molecule has 0 amide bonds. The van der Waals surface area contributed by atoms with Gasteiger partial charge in [0.05, 0.1) is 0 Å². The second kappa shape index (κ2) is 5.73. The van der Waals surface area contributed by atoms with Crippen LogP contribution in [0.2, 0.25) is 5.02 Å². The minimum Gasteiger partial charge on any atom is -0.364 e. The summed E-state index contributed by atoms with van der Waals surface area (Å²) in [4.78, 5) is 15.8. The van der Waals surface area contributed by atoms with Crippen LogP contribution in [-0.2, 0) is 0 Å². The highest BCUT2D eigenvalue weighted by molar-refractivity contribution is 6.30. The maximum absolute atomic E-state index is 12.0. The SMILES string of the molecule is CN(C)C(=CC(=O)c1ccc(Cl)cc1)N(C)C. The summed E-state index contributed by atoms with van der Waals surface area (Å²) in [6, 6.07) is 6.88. The van der Waals surface area contributed by atoms with Crippen molar-refractivity contribution in [2.45, 2.75) is 0 Å². The molecule has 0 aromatic heterocycles. The van der Waals surface area contributed by atoms with E-state index in [1.165, 1.54) is 0 Å². The first-order valence-corrected chi connectivity index (χ1v) is 5.66. The van der Waals surface area contributed by atoms with E-state index in [9.17, 15) is 4.79 Å². The smallest absolute Gasteiger partial charge is 0.189 e. The Hall–Kier alpha value is -1.48. The highest BCUT2D eigenvalue weighted by atomic mass is 35.5. The summed E-state index contributed by atoms with van der Waals surface area (Å²) in [7, 11) is 7.61. The van der Waals surface area contributed by atoms with Crippen molar-refractivity contribution in [3.63, 3.8) is 0 Å². The molecule has 4 heteroatoms. The van der Waals surface area contributed by atoms with Crippen LogP contribution < -0.4 is 0 Å². The third kappa shape index (κ3) is 3.79. The summed E-state index contributed by atoms with van der Waals surface area (Å²) < 4.78 is 0. The van der Waals surface area contributed by atoms with Gasteiger partial charge in [-0.2, -0.15) is 0 Å². The standard InChI is InChI=1S/C13H17ClN2O/c1-15(2)13(16(3)4)9-12(17)10-5-7-11(14)8-6-10/h5-9H,1-4H3. The van der Waals surface area contributed by atoms with Crippen molar-refractivity contribution < 1.29 is 4.79 Å². The van der Waals surface area contributed by atoms with Gasteiger partial charge in [0.15, 0.2) is 5.78 Å². The average Bonchev–Trinajstić information content (AvgIpc) is 2.25. The Morgan fingerprint density at radius 2 is 1.53 bits per heavy atom. The van der Waals surface area contributed by atoms with Crippen molar-refractivity contribution in [2.24, 2.45) is 0 Å². The normalized spacial score (nSPS) is 9.71. The zero-order chi connectivity index (χ0) is 13.0. The molecule has 0 N–H and O–H groups in total. The lowest BCUT2D eigenvalue weighted by Crippen LogP contribution is -2.25. The number of hydrogen-bond acceptors (Lipinski definition) is 3. The second-order valence-electron chi connectivity index (χ2n) is 4.16. The van der Waals surface area contributed by atoms with Crippen molar-refractivity contribution in [1.82, 2.24) is 9.80 Å². The zero-order valence-corrected chi connectivity index (χ0v) is 11.3. The summed E-state index contributed by atoms with van der Waals surface area (Å²) >= 11 is 5.78. The molecule has 0 spiro atoms. The van der Waals surface area contributed by atoms with Gasteiger partial charge in [-0.15, -0.1) is 0 Å². The highest BCUT2D eigenvalue weighted by Gasteiger charge is 2.08. The van der Waals surface area contributed by atoms with E-state index in [4.69, 9.17) is 11.6 Å². The van der Waals surface area contributed by atoms with Crippen LogP contribution >= 0.6 is 11.6 Å². The predicted molar refractivity (Wildman–Crippen MR) is 71.2 cm³/mol. The molecule has 1 aromatic rings. The van der Waals surface area contributed by atoms with E-state index < -0.39 is 0 Å². The van der Waals surface area contributed by atoms with E-state index in [0.29, 0.717) is 10.6 Å². The number of hydrogen-bond donors (Lipinski definition) is 0. The quantitative estimate of drug-likeness (QED) is 0.608. The largest absolute Gasteiger partial charge is 0.364 e. The number of nitrogens with zero attached hydrogens (tertiary/aromatic N) is 2. The van der Waals surface area contributed by atoms with Crippen LogP contribution in [0, 0.1) is 0 Å². The maximum atomic E-state index is 12.0. The first-order valence-electron chi connectivity index (χ1n) is 5.28. The number of allylic oxidation sites excluding steroid dienone is 1. The molecule has 0 fully saturated rings. The van der Waals surface area contributed by atoms with E-state index in [-0.39, 0.29) is 5.78 Å². The molecule has 0 atom stereocenters. The summed E-state index contributed by atoms with van der Waals surface area (Å²) in [5.74, 6) is 0.823. The zero-order valence-electron chi connectivity index (χ0n) is 10.6. The van der Waals surface area contributed by atoms with Crippen molar-refractivity contribution in [2.75, 3.05) is 28.2 Å². The first-order chi connectivity index (χ1) is 7.91. The Kier molecular flexibility index (Phi) is 4.58. The molecule has 0 saturated heterocycles. The molecule has 0 radical (unpaired) electrons. The van der Waals surface area contributed by atoms with E-state index in [2.05, 4.69) is 0 Å². The van der Waals surface area contributed by atoms with Crippen molar-refractivity contribution in [3.05, 3.63) is 46.7 Å². The lowest BCUT2D eigenvalue weighted by molar-refractivity contribution is 0.104. The molecule has 0 unspecified atom stereocenters. The predicted octanol–water partition coefficient (Wildman–Crippen LogP) is 2.49. The van der Waals surface area contributed by atoms with E-state index >= 15 is 0 Å². The number of carbonyl (C=O) groups excluding carboxylic acids is 1. The number of benzene rings is 1. The number of carbonyl (C=O) groups is 1. The summed E-state index contributed by atoms with van der Waals surface area (Å²) in [6.45, 7) is 0. The van der Waals surface area contributed by atoms with Gasteiger partial charge in [0.2, 0.25) is 0 Å². The molecular weight excluding hydrogens is 236 g/mol. The molecule has 92 valence electrons. The Bertz CT molecular complexity index is 412. The van der Waals surface area contributed by atoms with Crippen LogP contribution in [-0.4, -0.2) is 43.8 Å². The van der Waals surface area contributed by atoms with Crippen LogP contribution in [0.5, 0.6) is 0 Å². The van der Waals surface area contributed by atoms with Gasteiger partial charge >= 0.3 is 0 Å². The molecular formula is C13H17ClN2O. The fraction of sp³-hybridized carbons (Fsp3) is 0.308. The highest BCUT2D eigenvalue weighted by Crippen LogP contribution is 2.12. The van der Waals surface area contributed by atoms with Crippen LogP contribution in [0.3, 0.4) is 0 Å². The van der Waals surface area contributed by atoms with Crippen LogP contribution in [0.15, 0.2) is 36.2 Å². The fourth-order valence-electron chi connectivity index (χ4n) is 1.47. The van der Waals surface area contributed by atoms with E-state index in [1.807, 2.05) is 38.0 Å². The molecule has 1 aromatic carbocycles. The van der Waals surface area contributed by atoms with Crippen molar-refractivity contribution in [1.29, 1.82) is 0 Å². The maximum Gasteiger partial charge on any atom is 0.189 e. The Balaban J connectivity index is 2.97. The average molecular weight is 253 g/mol. The fourth-order valence-corrected chi connectivity index (χ4v) is 1.60. The molecule has 17 heavy (non-hydrogen) atoms. The lowest BCUT2D eigenvalue weighted by atomic mass is 10.1. The topological polar surface area (TPSA) is 23.6 Å². The second-order valence-corrected chi connectivity index (χ2v) is 4.60. The van der Waals surface area contributed by atoms with Crippen LogP contribution in [0.25, 0.3) is 0 Å². The minimum absolute atomic E-state index is 0.0286. The van der Waals surface area contributed by atoms with Gasteiger partial charge in [0, 0.05) is 44.9 Å². The van der Waals surface area contributed by atoms with E-state index in [0.717, 1.165) is 5.82 Å². The van der Waals surface area contributed by atoms with Gasteiger partial charge in [-0.1, -0.05) is 11.6 Å². The minimum atomic E-state index is -0.0286.